The molecule has 0 saturated carbocycles. The van der Waals surface area contributed by atoms with Crippen LogP contribution in [-0.4, -0.2) is 5.97 Å². The summed E-state index contributed by atoms with van der Waals surface area (Å²) in [5.74, 6) is -0.133. The van der Waals surface area contributed by atoms with E-state index in [0.717, 1.165) is 19.3 Å². The highest BCUT2D eigenvalue weighted by atomic mass is 16.4. The van der Waals surface area contributed by atoms with Gasteiger partial charge in [-0.3, -0.25) is 0 Å². The van der Waals surface area contributed by atoms with E-state index < -0.39 is 11.4 Å². The second kappa shape index (κ2) is 28.9. The third-order valence-corrected chi connectivity index (χ3v) is 9.40. The Kier molecular flexibility index (Phi) is 30.1. The van der Waals surface area contributed by atoms with Crippen LogP contribution >= 0.6 is 0 Å². The molecule has 0 saturated heterocycles. The summed E-state index contributed by atoms with van der Waals surface area (Å²) >= 11 is 0. The van der Waals surface area contributed by atoms with Crippen molar-refractivity contribution in [2.45, 2.75) is 208 Å². The molecule has 0 fully saturated rings. The number of hydrogen-bond acceptors (Lipinski definition) is 2. The van der Waals surface area contributed by atoms with Crippen LogP contribution in [0.1, 0.15) is 208 Å². The van der Waals surface area contributed by atoms with Crippen LogP contribution in [0.5, 0.6) is 0 Å². The molecular weight excluding hydrogens is 478 g/mol. The fourth-order valence-corrected chi connectivity index (χ4v) is 6.76. The first-order valence-corrected chi connectivity index (χ1v) is 17.7. The zero-order chi connectivity index (χ0) is 28.3. The molecule has 0 radical (unpaired) electrons. The number of hydrogen-bond donors (Lipinski definition) is 1. The molecule has 2 atom stereocenters. The number of unbranched alkanes of at least 4 members (excludes halogenated alkanes) is 22. The Morgan fingerprint density at radius 2 is 0.846 bits per heavy atom. The molecule has 0 rings (SSSR count). The summed E-state index contributed by atoms with van der Waals surface area (Å²) in [6.45, 7) is 11.1. The summed E-state index contributed by atoms with van der Waals surface area (Å²) < 4.78 is 0. The number of carboxylic acid groups (broad SMARTS) is 1. The highest BCUT2D eigenvalue weighted by Crippen LogP contribution is 2.44. The van der Waals surface area contributed by atoms with Gasteiger partial charge in [0.2, 0.25) is 0 Å². The number of carbonyl (C=O) groups is 1. The lowest BCUT2D eigenvalue weighted by Gasteiger charge is -2.44. The van der Waals surface area contributed by atoms with E-state index >= 15 is 0 Å². The normalized spacial score (nSPS) is 13.8. The van der Waals surface area contributed by atoms with E-state index in [1.54, 1.807) is 0 Å². The Labute approximate surface area is 247 Å². The predicted octanol–water partition coefficient (Wildman–Crippen LogP) is 12.0. The Bertz CT molecular complexity index is 506. The molecule has 39 heavy (non-hydrogen) atoms. The summed E-state index contributed by atoms with van der Waals surface area (Å²) in [6, 6.07) is 0. The van der Waals surface area contributed by atoms with Crippen molar-refractivity contribution < 1.29 is 9.90 Å². The molecule has 0 aliphatic carbocycles. The van der Waals surface area contributed by atoms with Crippen LogP contribution in [0, 0.1) is 17.3 Å². The number of carboxylic acids is 1. The molecule has 0 amide bonds. The molecule has 0 bridgehead atoms. The van der Waals surface area contributed by atoms with Crippen LogP contribution in [0.4, 0.5) is 0 Å². The first-order valence-electron chi connectivity index (χ1n) is 17.7. The van der Waals surface area contributed by atoms with Crippen molar-refractivity contribution in [2.75, 3.05) is 0 Å². The van der Waals surface area contributed by atoms with E-state index in [2.05, 4.69) is 34.6 Å². The number of rotatable bonds is 30. The smallest absolute Gasteiger partial charge is 0.0478 e. The molecule has 0 heterocycles. The maximum Gasteiger partial charge on any atom is 0.0478 e. The molecule has 0 aromatic carbocycles. The summed E-state index contributed by atoms with van der Waals surface area (Å²) in [7, 11) is 0. The van der Waals surface area contributed by atoms with Crippen molar-refractivity contribution in [2.24, 2.45) is 17.3 Å². The van der Waals surface area contributed by atoms with Gasteiger partial charge in [-0.25, -0.2) is 0 Å². The van der Waals surface area contributed by atoms with Gasteiger partial charge >= 0.3 is 0 Å². The molecule has 4 N–H and O–H groups in total. The molecule has 0 aliphatic heterocycles. The van der Waals surface area contributed by atoms with Gasteiger partial charge in [-0.15, -0.1) is 0 Å². The van der Waals surface area contributed by atoms with Gasteiger partial charge in [-0.2, -0.15) is 0 Å². The third kappa shape index (κ3) is 20.9. The fraction of sp³-hybridized carbons (Fsp3) is 0.972. The third-order valence-electron chi connectivity index (χ3n) is 9.40. The number of quaternary nitrogens is 1. The summed E-state index contributed by atoms with van der Waals surface area (Å²) in [4.78, 5) is 12.5. The monoisotopic (exact) mass is 554 g/mol. The molecule has 2 unspecified atom stereocenters. The van der Waals surface area contributed by atoms with Gasteiger partial charge in [0.25, 0.3) is 0 Å². The second-order valence-electron chi connectivity index (χ2n) is 13.0. The molecule has 236 valence electrons. The van der Waals surface area contributed by atoms with Gasteiger partial charge in [-0.05, 0) is 31.1 Å². The van der Waals surface area contributed by atoms with Gasteiger partial charge in [-0.1, -0.05) is 189 Å². The van der Waals surface area contributed by atoms with Gasteiger partial charge in [0.05, 0.1) is 0 Å². The highest BCUT2D eigenvalue weighted by molar-refractivity contribution is 5.72. The van der Waals surface area contributed by atoms with E-state index in [1.807, 2.05) is 0 Å². The highest BCUT2D eigenvalue weighted by Gasteiger charge is 2.39. The second-order valence-corrected chi connectivity index (χ2v) is 13.0. The summed E-state index contributed by atoms with van der Waals surface area (Å²) in [6.07, 6.45) is 34.7. The maximum atomic E-state index is 12.5. The van der Waals surface area contributed by atoms with Crippen LogP contribution in [0.25, 0.3) is 0 Å². The average Bonchev–Trinajstić information content (AvgIpc) is 2.90. The van der Waals surface area contributed by atoms with Gasteiger partial charge in [0.1, 0.15) is 0 Å². The summed E-state index contributed by atoms with van der Waals surface area (Å²) in [5.41, 5.74) is -0.634. The van der Waals surface area contributed by atoms with E-state index in [4.69, 9.17) is 0 Å². The lowest BCUT2D eigenvalue weighted by molar-refractivity contribution is -0.324. The standard InChI is InChI=1S/C36H72O2.H3N/c1-6-9-11-13-15-17-19-20-21-23-25-27-29-31-34(33(4)5)36(8-3,35(37)38)32-30-28-26-24-22-18-16-14-12-10-7-2;/h33-34H,6-32H2,1-5H3,(H,37,38);1H3. The minimum atomic E-state index is -0.777. The van der Waals surface area contributed by atoms with Crippen LogP contribution < -0.4 is 11.3 Å². The van der Waals surface area contributed by atoms with Crippen molar-refractivity contribution in [1.82, 2.24) is 6.15 Å². The molecule has 0 aliphatic rings. The first kappa shape index (κ1) is 40.6. The minimum absolute atomic E-state index is 0. The summed E-state index contributed by atoms with van der Waals surface area (Å²) in [5, 5.41) is 12.5. The Hall–Kier alpha value is -0.570. The molecule has 3 heteroatoms. The quantitative estimate of drug-likeness (QED) is 0.0898. The SMILES string of the molecule is CCCCCCCCCCCCCCCC(C(C)C)C(CC)(CCCCCCCCCCCCC)C(=O)[O-].[NH4+]. The van der Waals surface area contributed by atoms with E-state index in [1.165, 1.54) is 148 Å². The van der Waals surface area contributed by atoms with Crippen LogP contribution in [0.3, 0.4) is 0 Å². The molecule has 0 aromatic heterocycles. The van der Waals surface area contributed by atoms with E-state index in [9.17, 15) is 9.90 Å². The lowest BCUT2D eigenvalue weighted by Crippen LogP contribution is -2.48. The van der Waals surface area contributed by atoms with Crippen LogP contribution in [0.2, 0.25) is 0 Å². The Morgan fingerprint density at radius 1 is 0.538 bits per heavy atom. The zero-order valence-corrected chi connectivity index (χ0v) is 28.1. The van der Waals surface area contributed by atoms with Gasteiger partial charge in [0.15, 0.2) is 0 Å². The van der Waals surface area contributed by atoms with Crippen LogP contribution in [-0.2, 0) is 4.79 Å². The molecule has 3 nitrogen and oxygen atoms in total. The van der Waals surface area contributed by atoms with Gasteiger partial charge in [0, 0.05) is 11.4 Å². The van der Waals surface area contributed by atoms with Crippen LogP contribution in [0.15, 0.2) is 0 Å². The van der Waals surface area contributed by atoms with Crippen molar-refractivity contribution in [3.8, 4) is 0 Å². The number of carbonyl (C=O) groups excluding carboxylic acids is 1. The lowest BCUT2D eigenvalue weighted by atomic mass is 9.64. The maximum absolute atomic E-state index is 12.5. The van der Waals surface area contributed by atoms with Crippen molar-refractivity contribution in [3.05, 3.63) is 0 Å². The Morgan fingerprint density at radius 3 is 1.13 bits per heavy atom. The molecule has 0 aromatic rings. The van der Waals surface area contributed by atoms with Crippen molar-refractivity contribution in [1.29, 1.82) is 0 Å². The zero-order valence-electron chi connectivity index (χ0n) is 28.1. The molecule has 0 spiro atoms. The van der Waals surface area contributed by atoms with E-state index in [0.29, 0.717) is 12.3 Å². The fourth-order valence-electron chi connectivity index (χ4n) is 6.76. The average molecular weight is 554 g/mol. The number of aliphatic carboxylic acids is 1. The minimum Gasteiger partial charge on any atom is -0.550 e. The van der Waals surface area contributed by atoms with Crippen molar-refractivity contribution in [3.63, 3.8) is 0 Å². The molecular formula is C36H75NO2. The van der Waals surface area contributed by atoms with Gasteiger partial charge < -0.3 is 16.1 Å². The van der Waals surface area contributed by atoms with Crippen molar-refractivity contribution >= 4 is 5.97 Å². The predicted molar refractivity (Wildman–Crippen MR) is 173 cm³/mol. The Balaban J connectivity index is 0. The topological polar surface area (TPSA) is 76.6 Å². The first-order chi connectivity index (χ1) is 18.5. The largest absolute Gasteiger partial charge is 0.550 e. The van der Waals surface area contributed by atoms with E-state index in [-0.39, 0.29) is 12.1 Å².